The summed E-state index contributed by atoms with van der Waals surface area (Å²) in [6.45, 7) is 0. The molecule has 0 saturated carbocycles. The fourth-order valence-corrected chi connectivity index (χ4v) is 1.38. The molecule has 0 saturated heterocycles. The van der Waals surface area contributed by atoms with Gasteiger partial charge in [0.2, 0.25) is 0 Å². The van der Waals surface area contributed by atoms with E-state index < -0.39 is 18.1 Å². The minimum atomic E-state index is -1.38. The van der Waals surface area contributed by atoms with Crippen LogP contribution in [0.1, 0.15) is 11.7 Å². The third-order valence-electron chi connectivity index (χ3n) is 2.37. The fraction of sp³-hybridized carbons (Fsp3) is 0.364. The average molecular weight is 241 g/mol. The molecule has 0 unspecified atom stereocenters. The van der Waals surface area contributed by atoms with E-state index in [0.29, 0.717) is 17.1 Å². The van der Waals surface area contributed by atoms with E-state index in [0.717, 1.165) is 0 Å². The Hall–Kier alpha value is -1.79. The van der Waals surface area contributed by atoms with E-state index in [4.69, 9.17) is 20.3 Å². The Morgan fingerprint density at radius 3 is 2.35 bits per heavy atom. The zero-order valence-electron chi connectivity index (χ0n) is 9.58. The molecule has 17 heavy (non-hydrogen) atoms. The van der Waals surface area contributed by atoms with E-state index in [2.05, 4.69) is 0 Å². The molecular formula is C11H15NO5. The lowest BCUT2D eigenvalue weighted by atomic mass is 10.0. The van der Waals surface area contributed by atoms with Gasteiger partial charge in [-0.2, -0.15) is 0 Å². The van der Waals surface area contributed by atoms with Crippen molar-refractivity contribution in [2.45, 2.75) is 12.1 Å². The summed E-state index contributed by atoms with van der Waals surface area (Å²) >= 11 is 0. The van der Waals surface area contributed by atoms with Gasteiger partial charge < -0.3 is 25.4 Å². The summed E-state index contributed by atoms with van der Waals surface area (Å²) in [5, 5.41) is 18.4. The van der Waals surface area contributed by atoms with Crippen molar-refractivity contribution in [1.29, 1.82) is 0 Å². The highest BCUT2D eigenvalue weighted by molar-refractivity contribution is 5.74. The van der Waals surface area contributed by atoms with Crippen LogP contribution >= 0.6 is 0 Å². The lowest BCUT2D eigenvalue weighted by Gasteiger charge is -2.17. The molecule has 0 fully saturated rings. The normalized spacial score (nSPS) is 13.9. The minimum absolute atomic E-state index is 0.359. The van der Waals surface area contributed by atoms with E-state index >= 15 is 0 Å². The molecule has 2 atom stereocenters. The van der Waals surface area contributed by atoms with Crippen LogP contribution in [0.15, 0.2) is 18.2 Å². The first kappa shape index (κ1) is 13.3. The Kier molecular flexibility index (Phi) is 4.30. The number of carbonyl (C=O) groups is 1. The predicted octanol–water partition coefficient (Wildman–Crippen LogP) is 0.149. The fourth-order valence-electron chi connectivity index (χ4n) is 1.38. The minimum Gasteiger partial charge on any atom is -0.493 e. The average Bonchev–Trinajstić information content (AvgIpc) is 2.35. The molecule has 0 spiro atoms. The number of benzene rings is 1. The lowest BCUT2D eigenvalue weighted by molar-refractivity contribution is -0.141. The number of ether oxygens (including phenoxy) is 2. The Labute approximate surface area is 98.6 Å². The van der Waals surface area contributed by atoms with Crippen LogP contribution in [0, 0.1) is 0 Å². The number of hydrogen-bond donors (Lipinski definition) is 3. The monoisotopic (exact) mass is 241 g/mol. The van der Waals surface area contributed by atoms with Gasteiger partial charge in [-0.15, -0.1) is 0 Å². The molecule has 0 aliphatic rings. The summed E-state index contributed by atoms with van der Waals surface area (Å²) in [6.07, 6.45) is -1.30. The SMILES string of the molecule is COc1ccc([C@H](O)[C@H](N)C(=O)O)cc1OC. The zero-order valence-corrected chi connectivity index (χ0v) is 9.58. The molecule has 94 valence electrons. The van der Waals surface area contributed by atoms with Crippen LogP contribution in [-0.4, -0.2) is 36.4 Å². The predicted molar refractivity (Wildman–Crippen MR) is 60.1 cm³/mol. The van der Waals surface area contributed by atoms with Crippen LogP contribution in [0.4, 0.5) is 0 Å². The van der Waals surface area contributed by atoms with Crippen molar-refractivity contribution in [3.63, 3.8) is 0 Å². The largest absolute Gasteiger partial charge is 0.493 e. The van der Waals surface area contributed by atoms with Crippen LogP contribution in [0.3, 0.4) is 0 Å². The van der Waals surface area contributed by atoms with Crippen molar-refractivity contribution in [3.8, 4) is 11.5 Å². The van der Waals surface area contributed by atoms with Crippen molar-refractivity contribution in [3.05, 3.63) is 23.8 Å². The number of hydrogen-bond acceptors (Lipinski definition) is 5. The molecule has 0 amide bonds. The number of aliphatic hydroxyl groups is 1. The van der Waals surface area contributed by atoms with Crippen molar-refractivity contribution in [2.24, 2.45) is 5.73 Å². The Bertz CT molecular complexity index is 407. The molecule has 0 heterocycles. The third kappa shape index (κ3) is 2.86. The first-order valence-corrected chi connectivity index (χ1v) is 4.89. The molecular weight excluding hydrogens is 226 g/mol. The maximum Gasteiger partial charge on any atom is 0.323 e. The molecule has 0 aliphatic heterocycles. The van der Waals surface area contributed by atoms with Crippen LogP contribution in [0.25, 0.3) is 0 Å². The summed E-state index contributed by atoms with van der Waals surface area (Å²) in [5.74, 6) is -0.374. The quantitative estimate of drug-likeness (QED) is 0.678. The number of carboxylic acids is 1. The summed E-state index contributed by atoms with van der Waals surface area (Å²) in [7, 11) is 2.93. The third-order valence-corrected chi connectivity index (χ3v) is 2.37. The number of rotatable bonds is 5. The van der Waals surface area contributed by atoms with Crippen molar-refractivity contribution in [2.75, 3.05) is 14.2 Å². The van der Waals surface area contributed by atoms with Gasteiger partial charge >= 0.3 is 5.97 Å². The van der Waals surface area contributed by atoms with Gasteiger partial charge in [0.15, 0.2) is 11.5 Å². The summed E-state index contributed by atoms with van der Waals surface area (Å²) in [5.41, 5.74) is 5.69. The van der Waals surface area contributed by atoms with E-state index in [1.165, 1.54) is 26.4 Å². The topological polar surface area (TPSA) is 102 Å². The number of methoxy groups -OCH3 is 2. The number of nitrogens with two attached hydrogens (primary N) is 1. The first-order valence-electron chi connectivity index (χ1n) is 4.89. The van der Waals surface area contributed by atoms with E-state index in [9.17, 15) is 9.90 Å². The Morgan fingerprint density at radius 2 is 1.88 bits per heavy atom. The van der Waals surface area contributed by atoms with Gasteiger partial charge in [-0.25, -0.2) is 0 Å². The van der Waals surface area contributed by atoms with Gasteiger partial charge in [0, 0.05) is 0 Å². The molecule has 1 rings (SSSR count). The van der Waals surface area contributed by atoms with Crippen LogP contribution in [0.5, 0.6) is 11.5 Å². The maximum absolute atomic E-state index is 10.7. The number of carboxylic acid groups (broad SMARTS) is 1. The Balaban J connectivity index is 3.03. The first-order chi connectivity index (χ1) is 8.01. The molecule has 6 heteroatoms. The van der Waals surface area contributed by atoms with Gasteiger partial charge in [0.05, 0.1) is 14.2 Å². The highest BCUT2D eigenvalue weighted by Crippen LogP contribution is 2.30. The molecule has 0 aliphatic carbocycles. The van der Waals surface area contributed by atoms with Gasteiger partial charge in [0.1, 0.15) is 12.1 Å². The van der Waals surface area contributed by atoms with Crippen LogP contribution < -0.4 is 15.2 Å². The lowest BCUT2D eigenvalue weighted by Crippen LogP contribution is -2.36. The molecule has 4 N–H and O–H groups in total. The molecule has 1 aromatic carbocycles. The molecule has 0 radical (unpaired) electrons. The van der Waals surface area contributed by atoms with Gasteiger partial charge in [-0.05, 0) is 17.7 Å². The van der Waals surface area contributed by atoms with Crippen molar-refractivity contribution >= 4 is 5.97 Å². The Morgan fingerprint density at radius 1 is 1.29 bits per heavy atom. The zero-order chi connectivity index (χ0) is 13.0. The summed E-state index contributed by atoms with van der Waals surface area (Å²) in [4.78, 5) is 10.7. The van der Waals surface area contributed by atoms with Gasteiger partial charge in [0.25, 0.3) is 0 Å². The highest BCUT2D eigenvalue weighted by atomic mass is 16.5. The highest BCUT2D eigenvalue weighted by Gasteiger charge is 2.24. The summed E-state index contributed by atoms with van der Waals surface area (Å²) < 4.78 is 10.1. The van der Waals surface area contributed by atoms with E-state index in [1.807, 2.05) is 0 Å². The molecule has 0 bridgehead atoms. The number of aliphatic hydroxyl groups excluding tert-OH is 1. The molecule has 0 aromatic heterocycles. The van der Waals surface area contributed by atoms with Gasteiger partial charge in [-0.1, -0.05) is 6.07 Å². The van der Waals surface area contributed by atoms with Crippen LogP contribution in [0.2, 0.25) is 0 Å². The van der Waals surface area contributed by atoms with Crippen LogP contribution in [-0.2, 0) is 4.79 Å². The second kappa shape index (κ2) is 5.51. The standard InChI is InChI=1S/C11H15NO5/c1-16-7-4-3-6(5-8(7)17-2)10(13)9(12)11(14)15/h3-5,9-10,13H,12H2,1-2H3,(H,14,15)/t9-,10-/m0/s1. The second-order valence-corrected chi connectivity index (χ2v) is 3.42. The van der Waals surface area contributed by atoms with Crippen molar-refractivity contribution in [1.82, 2.24) is 0 Å². The molecule has 6 nitrogen and oxygen atoms in total. The van der Waals surface area contributed by atoms with E-state index in [-0.39, 0.29) is 0 Å². The van der Waals surface area contributed by atoms with E-state index in [1.54, 1.807) is 6.07 Å². The van der Waals surface area contributed by atoms with Gasteiger partial charge in [-0.3, -0.25) is 4.79 Å². The smallest absolute Gasteiger partial charge is 0.323 e. The molecule has 1 aromatic rings. The van der Waals surface area contributed by atoms with Crippen molar-refractivity contribution < 1.29 is 24.5 Å². The maximum atomic E-state index is 10.7. The summed E-state index contributed by atoms with van der Waals surface area (Å²) in [6, 6.07) is 3.22. The number of aliphatic carboxylic acids is 1. The second-order valence-electron chi connectivity index (χ2n) is 3.42.